The summed E-state index contributed by atoms with van der Waals surface area (Å²) in [5.74, 6) is 0.00590. The first kappa shape index (κ1) is 19.9. The number of anilines is 1. The Labute approximate surface area is 162 Å². The standard InChI is InChI=1S/C18H17N3O5S2/c1-2-27(22,23)14-6-4-13(5-7-14)20-21-18-16-9-8-15(28(24,25)26)11-12(16)3-10-17(18)19/h3-11H,2,19H2,1H3,(H,24,25,26). The average Bonchev–Trinajstić information content (AvgIpc) is 2.66. The molecule has 0 aliphatic heterocycles. The first-order valence-electron chi connectivity index (χ1n) is 8.16. The lowest BCUT2D eigenvalue weighted by Crippen LogP contribution is -2.02. The highest BCUT2D eigenvalue weighted by Gasteiger charge is 2.13. The first-order chi connectivity index (χ1) is 13.1. The molecule has 28 heavy (non-hydrogen) atoms. The Bertz CT molecular complexity index is 1280. The van der Waals surface area contributed by atoms with Gasteiger partial charge in [-0.15, -0.1) is 5.11 Å². The Morgan fingerprint density at radius 1 is 0.893 bits per heavy atom. The van der Waals surface area contributed by atoms with Crippen molar-refractivity contribution in [2.24, 2.45) is 10.2 Å². The molecule has 3 aromatic carbocycles. The zero-order valence-electron chi connectivity index (χ0n) is 14.8. The van der Waals surface area contributed by atoms with Crippen LogP contribution in [0.4, 0.5) is 17.1 Å². The minimum absolute atomic E-state index is 0.00590. The van der Waals surface area contributed by atoms with Gasteiger partial charge in [0.1, 0.15) is 5.69 Å². The lowest BCUT2D eigenvalue weighted by Gasteiger charge is -2.06. The minimum Gasteiger partial charge on any atom is -0.397 e. The van der Waals surface area contributed by atoms with E-state index in [1.165, 1.54) is 42.5 Å². The summed E-state index contributed by atoms with van der Waals surface area (Å²) in [6, 6.07) is 13.2. The Kier molecular flexibility index (Phi) is 5.20. The van der Waals surface area contributed by atoms with Crippen LogP contribution in [-0.4, -0.2) is 27.1 Å². The molecule has 0 aromatic heterocycles. The highest BCUT2D eigenvalue weighted by atomic mass is 32.2. The molecule has 0 fully saturated rings. The van der Waals surface area contributed by atoms with Gasteiger partial charge in [-0.2, -0.15) is 13.5 Å². The van der Waals surface area contributed by atoms with Gasteiger partial charge in [0.05, 0.1) is 26.9 Å². The Morgan fingerprint density at radius 2 is 1.54 bits per heavy atom. The third-order valence-corrected chi connectivity index (χ3v) is 6.73. The van der Waals surface area contributed by atoms with E-state index >= 15 is 0 Å². The van der Waals surface area contributed by atoms with E-state index < -0.39 is 20.0 Å². The van der Waals surface area contributed by atoms with Gasteiger partial charge in [0, 0.05) is 5.39 Å². The molecule has 0 amide bonds. The van der Waals surface area contributed by atoms with Crippen molar-refractivity contribution in [1.82, 2.24) is 0 Å². The second kappa shape index (κ2) is 7.30. The van der Waals surface area contributed by atoms with Crippen molar-refractivity contribution >= 4 is 47.8 Å². The van der Waals surface area contributed by atoms with E-state index in [2.05, 4.69) is 10.2 Å². The number of fused-ring (bicyclic) bond motifs is 1. The quantitative estimate of drug-likeness (QED) is 0.365. The maximum absolute atomic E-state index is 11.8. The molecule has 0 atom stereocenters. The summed E-state index contributed by atoms with van der Waals surface area (Å²) in [5, 5.41) is 9.31. The summed E-state index contributed by atoms with van der Waals surface area (Å²) < 4.78 is 55.5. The van der Waals surface area contributed by atoms with E-state index in [9.17, 15) is 21.4 Å². The van der Waals surface area contributed by atoms with Crippen molar-refractivity contribution in [3.8, 4) is 0 Å². The number of nitrogens with two attached hydrogens (primary N) is 1. The van der Waals surface area contributed by atoms with Crippen molar-refractivity contribution in [1.29, 1.82) is 0 Å². The molecule has 0 bridgehead atoms. The molecule has 3 aromatic rings. The van der Waals surface area contributed by atoms with Gasteiger partial charge in [-0.1, -0.05) is 19.1 Å². The van der Waals surface area contributed by atoms with Gasteiger partial charge in [0.2, 0.25) is 0 Å². The molecule has 0 saturated heterocycles. The molecule has 0 radical (unpaired) electrons. The Morgan fingerprint density at radius 3 is 2.14 bits per heavy atom. The van der Waals surface area contributed by atoms with E-state index in [4.69, 9.17) is 5.73 Å². The molecule has 3 rings (SSSR count). The Balaban J connectivity index is 2.01. The highest BCUT2D eigenvalue weighted by molar-refractivity contribution is 7.91. The van der Waals surface area contributed by atoms with Crippen molar-refractivity contribution < 1.29 is 21.4 Å². The molecule has 146 valence electrons. The number of nitrogen functional groups attached to an aromatic ring is 1. The maximum atomic E-state index is 11.8. The second-order valence-electron chi connectivity index (χ2n) is 5.96. The molecule has 0 saturated carbocycles. The average molecular weight is 419 g/mol. The molecule has 0 aliphatic rings. The third-order valence-electron chi connectivity index (χ3n) is 4.13. The van der Waals surface area contributed by atoms with Crippen LogP contribution in [0.5, 0.6) is 0 Å². The van der Waals surface area contributed by atoms with Crippen LogP contribution in [0.25, 0.3) is 10.8 Å². The smallest absolute Gasteiger partial charge is 0.294 e. The summed E-state index contributed by atoms with van der Waals surface area (Å²) in [6.07, 6.45) is 0. The second-order valence-corrected chi connectivity index (χ2v) is 9.66. The molecule has 10 heteroatoms. The van der Waals surface area contributed by atoms with E-state index in [0.717, 1.165) is 0 Å². The lowest BCUT2D eigenvalue weighted by molar-refractivity contribution is 0.483. The van der Waals surface area contributed by atoms with Crippen molar-refractivity contribution in [3.63, 3.8) is 0 Å². The van der Waals surface area contributed by atoms with Crippen molar-refractivity contribution in [2.45, 2.75) is 16.7 Å². The third kappa shape index (κ3) is 4.03. The largest absolute Gasteiger partial charge is 0.397 e. The summed E-state index contributed by atoms with van der Waals surface area (Å²) in [5.41, 5.74) is 7.08. The monoisotopic (exact) mass is 419 g/mol. The van der Waals surface area contributed by atoms with Gasteiger partial charge in [0.15, 0.2) is 9.84 Å². The number of hydrogen-bond donors (Lipinski definition) is 2. The van der Waals surface area contributed by atoms with Crippen LogP contribution in [0.15, 0.2) is 74.6 Å². The predicted molar refractivity (Wildman–Crippen MR) is 107 cm³/mol. The SMILES string of the molecule is CCS(=O)(=O)c1ccc(N=Nc2c(N)ccc3cc(S(=O)(=O)O)ccc23)cc1. The van der Waals surface area contributed by atoms with Gasteiger partial charge >= 0.3 is 0 Å². The summed E-state index contributed by atoms with van der Waals surface area (Å²) in [4.78, 5) is -0.0308. The number of azo groups is 1. The van der Waals surface area contributed by atoms with Gasteiger partial charge in [-0.3, -0.25) is 4.55 Å². The van der Waals surface area contributed by atoms with Crippen LogP contribution in [0.3, 0.4) is 0 Å². The summed E-state index contributed by atoms with van der Waals surface area (Å²) in [7, 11) is -7.62. The molecular weight excluding hydrogens is 402 g/mol. The number of hydrogen-bond acceptors (Lipinski definition) is 7. The highest BCUT2D eigenvalue weighted by Crippen LogP contribution is 2.34. The van der Waals surface area contributed by atoms with E-state index in [1.807, 2.05) is 0 Å². The minimum atomic E-state index is -4.33. The van der Waals surface area contributed by atoms with Crippen LogP contribution in [0.2, 0.25) is 0 Å². The van der Waals surface area contributed by atoms with Crippen molar-refractivity contribution in [3.05, 3.63) is 54.6 Å². The first-order valence-corrected chi connectivity index (χ1v) is 11.3. The number of nitrogens with zero attached hydrogens (tertiary/aromatic N) is 2. The summed E-state index contributed by atoms with van der Waals surface area (Å²) >= 11 is 0. The normalized spacial score (nSPS) is 12.6. The Hall–Kier alpha value is -2.82. The molecule has 3 N–H and O–H groups in total. The van der Waals surface area contributed by atoms with E-state index in [1.54, 1.807) is 19.1 Å². The fourth-order valence-corrected chi connectivity index (χ4v) is 3.97. The number of sulfone groups is 1. The summed E-state index contributed by atoms with van der Waals surface area (Å²) in [6.45, 7) is 1.57. The van der Waals surface area contributed by atoms with Gasteiger partial charge in [-0.05, 0) is 47.9 Å². The van der Waals surface area contributed by atoms with Gasteiger partial charge < -0.3 is 5.73 Å². The molecular formula is C18H17N3O5S2. The van der Waals surface area contributed by atoms with Crippen LogP contribution in [0, 0.1) is 0 Å². The zero-order chi connectivity index (χ0) is 20.5. The zero-order valence-corrected chi connectivity index (χ0v) is 16.4. The van der Waals surface area contributed by atoms with Crippen LogP contribution in [-0.2, 0) is 20.0 Å². The fourth-order valence-electron chi connectivity index (χ4n) is 2.57. The van der Waals surface area contributed by atoms with Crippen LogP contribution in [0.1, 0.15) is 6.92 Å². The number of benzene rings is 3. The maximum Gasteiger partial charge on any atom is 0.294 e. The van der Waals surface area contributed by atoms with Crippen LogP contribution >= 0.6 is 0 Å². The van der Waals surface area contributed by atoms with E-state index in [-0.39, 0.29) is 15.5 Å². The topological polar surface area (TPSA) is 139 Å². The van der Waals surface area contributed by atoms with Crippen LogP contribution < -0.4 is 5.73 Å². The molecule has 0 heterocycles. The van der Waals surface area contributed by atoms with Crippen molar-refractivity contribution in [2.75, 3.05) is 11.5 Å². The molecule has 0 spiro atoms. The molecule has 0 aliphatic carbocycles. The van der Waals surface area contributed by atoms with E-state index in [0.29, 0.717) is 27.8 Å². The lowest BCUT2D eigenvalue weighted by atomic mass is 10.1. The molecule has 8 nitrogen and oxygen atoms in total. The number of rotatable bonds is 5. The van der Waals surface area contributed by atoms with Gasteiger partial charge in [-0.25, -0.2) is 8.42 Å². The fraction of sp³-hybridized carbons (Fsp3) is 0.111. The predicted octanol–water partition coefficient (Wildman–Crippen LogP) is 3.88. The molecule has 0 unspecified atom stereocenters. The van der Waals surface area contributed by atoms with Gasteiger partial charge in [0.25, 0.3) is 10.1 Å².